The van der Waals surface area contributed by atoms with Crippen LogP contribution in [0, 0.1) is 0 Å². The van der Waals surface area contributed by atoms with Crippen LogP contribution in [0.1, 0.15) is 31.8 Å². The minimum absolute atomic E-state index is 0.575. The molecular formula is C28H24Ge. The van der Waals surface area contributed by atoms with Gasteiger partial charge in [-0.15, -0.1) is 0 Å². The molecule has 29 heavy (non-hydrogen) atoms. The molecule has 0 fully saturated rings. The van der Waals surface area contributed by atoms with Crippen LogP contribution < -0.4 is 0 Å². The van der Waals surface area contributed by atoms with Gasteiger partial charge in [0.05, 0.1) is 0 Å². The van der Waals surface area contributed by atoms with E-state index in [1.807, 2.05) is 0 Å². The first kappa shape index (κ1) is 18.2. The zero-order valence-corrected chi connectivity index (χ0v) is 19.4. The van der Waals surface area contributed by atoms with Crippen LogP contribution in [0.5, 0.6) is 0 Å². The van der Waals surface area contributed by atoms with Crippen molar-refractivity contribution in [2.24, 2.45) is 0 Å². The van der Waals surface area contributed by atoms with Gasteiger partial charge < -0.3 is 0 Å². The van der Waals surface area contributed by atoms with E-state index in [0.717, 1.165) is 0 Å². The molecule has 0 aromatic heterocycles. The third-order valence-corrected chi connectivity index (χ3v) is 11.7. The second-order valence-corrected chi connectivity index (χ2v) is 12.1. The van der Waals surface area contributed by atoms with Crippen LogP contribution in [0.15, 0.2) is 121 Å². The molecule has 0 nitrogen and oxygen atoms in total. The van der Waals surface area contributed by atoms with Gasteiger partial charge in [-0.3, -0.25) is 0 Å². The topological polar surface area (TPSA) is 0 Å². The van der Waals surface area contributed by atoms with Crippen LogP contribution in [0.2, 0.25) is 0 Å². The fraction of sp³-hybridized carbons (Fsp3) is 0.0714. The van der Waals surface area contributed by atoms with Crippen LogP contribution in [0.25, 0.3) is 11.1 Å². The van der Waals surface area contributed by atoms with Gasteiger partial charge in [0.25, 0.3) is 0 Å². The summed E-state index contributed by atoms with van der Waals surface area (Å²) in [5, 5.41) is 0. The van der Waals surface area contributed by atoms with Crippen molar-refractivity contribution in [3.8, 4) is 0 Å². The summed E-state index contributed by atoms with van der Waals surface area (Å²) >= 11 is -1.04. The number of hydrogen-bond donors (Lipinski definition) is 0. The molecule has 0 saturated carbocycles. The van der Waals surface area contributed by atoms with E-state index in [1.165, 1.54) is 22.3 Å². The SMILES string of the molecule is c1ccc(C2=C(c3ccccc3)[CH](c3ccccc3)[GeH2][CH]2c2ccccc2)cc1. The summed E-state index contributed by atoms with van der Waals surface area (Å²) in [5.74, 6) is 0. The minimum atomic E-state index is -1.04. The van der Waals surface area contributed by atoms with Gasteiger partial charge in [-0.2, -0.15) is 0 Å². The summed E-state index contributed by atoms with van der Waals surface area (Å²) in [4.78, 5) is 0. The van der Waals surface area contributed by atoms with Crippen LogP contribution in [-0.2, 0) is 0 Å². The molecule has 140 valence electrons. The summed E-state index contributed by atoms with van der Waals surface area (Å²) in [6, 6.07) is 44.5. The monoisotopic (exact) mass is 434 g/mol. The second kappa shape index (κ2) is 8.26. The molecular weight excluding hydrogens is 409 g/mol. The molecule has 4 aromatic carbocycles. The molecule has 5 rings (SSSR count). The summed E-state index contributed by atoms with van der Waals surface area (Å²) in [6.45, 7) is 0. The first-order valence-electron chi connectivity index (χ1n) is 10.4. The summed E-state index contributed by atoms with van der Waals surface area (Å²) in [5.41, 5.74) is 8.83. The van der Waals surface area contributed by atoms with Crippen molar-refractivity contribution < 1.29 is 0 Å². The Morgan fingerprint density at radius 1 is 0.379 bits per heavy atom. The number of rotatable bonds is 4. The summed E-state index contributed by atoms with van der Waals surface area (Å²) in [7, 11) is 0. The third-order valence-electron chi connectivity index (χ3n) is 6.03. The van der Waals surface area contributed by atoms with Crippen molar-refractivity contribution in [1.82, 2.24) is 0 Å². The predicted octanol–water partition coefficient (Wildman–Crippen LogP) is 6.26. The Morgan fingerprint density at radius 2 is 0.690 bits per heavy atom. The Hall–Kier alpha value is -2.84. The fourth-order valence-electron chi connectivity index (χ4n) is 4.77. The van der Waals surface area contributed by atoms with Crippen molar-refractivity contribution in [2.75, 3.05) is 0 Å². The van der Waals surface area contributed by atoms with E-state index < -0.39 is 15.4 Å². The molecule has 4 aromatic rings. The average molecular weight is 433 g/mol. The molecule has 0 amide bonds. The first-order chi connectivity index (χ1) is 14.4. The maximum absolute atomic E-state index is 2.33. The van der Waals surface area contributed by atoms with Gasteiger partial charge in [0.1, 0.15) is 0 Å². The van der Waals surface area contributed by atoms with E-state index in [2.05, 4.69) is 121 Å². The van der Waals surface area contributed by atoms with Crippen LogP contribution in [0.4, 0.5) is 0 Å². The zero-order valence-electron chi connectivity index (χ0n) is 16.4. The molecule has 0 saturated heterocycles. The van der Waals surface area contributed by atoms with E-state index in [0.29, 0.717) is 9.50 Å². The van der Waals surface area contributed by atoms with Gasteiger partial charge in [0.15, 0.2) is 0 Å². The molecule has 1 aliphatic heterocycles. The Kier molecular flexibility index (Phi) is 5.19. The molecule has 0 spiro atoms. The van der Waals surface area contributed by atoms with Crippen molar-refractivity contribution >= 4 is 26.6 Å². The van der Waals surface area contributed by atoms with Gasteiger partial charge in [0.2, 0.25) is 0 Å². The maximum atomic E-state index is 2.33. The van der Waals surface area contributed by atoms with Gasteiger partial charge in [0, 0.05) is 0 Å². The number of hydrogen-bond acceptors (Lipinski definition) is 0. The van der Waals surface area contributed by atoms with E-state index in [1.54, 1.807) is 11.1 Å². The van der Waals surface area contributed by atoms with E-state index in [4.69, 9.17) is 0 Å². The van der Waals surface area contributed by atoms with Gasteiger partial charge >= 0.3 is 180 Å². The van der Waals surface area contributed by atoms with Gasteiger partial charge in [-0.05, 0) is 0 Å². The fourth-order valence-corrected chi connectivity index (χ4v) is 10.9. The molecule has 1 heterocycles. The van der Waals surface area contributed by atoms with E-state index in [9.17, 15) is 0 Å². The first-order valence-corrected chi connectivity index (χ1v) is 13.8. The van der Waals surface area contributed by atoms with Crippen LogP contribution >= 0.6 is 0 Å². The third kappa shape index (κ3) is 3.61. The predicted molar refractivity (Wildman–Crippen MR) is 127 cm³/mol. The average Bonchev–Trinajstić information content (AvgIpc) is 3.22. The van der Waals surface area contributed by atoms with Crippen molar-refractivity contribution in [1.29, 1.82) is 0 Å². The molecule has 0 bridgehead atoms. The molecule has 1 aliphatic rings. The van der Waals surface area contributed by atoms with Crippen molar-refractivity contribution in [3.63, 3.8) is 0 Å². The second-order valence-electron chi connectivity index (χ2n) is 7.72. The Morgan fingerprint density at radius 3 is 1.03 bits per heavy atom. The summed E-state index contributed by atoms with van der Waals surface area (Å²) in [6.07, 6.45) is 0. The molecule has 2 unspecified atom stereocenters. The molecule has 0 aliphatic carbocycles. The number of benzene rings is 4. The van der Waals surface area contributed by atoms with E-state index >= 15 is 0 Å². The standard InChI is InChI=1S/C28H24Ge/c1-5-13-21(14-6-1)25-26(22-15-7-2-8-16-22)28(24-19-11-4-12-20-24)29-27(25)23-17-9-3-10-18-23/h1-20,27-28H,29H2. The molecule has 1 heteroatoms. The van der Waals surface area contributed by atoms with Crippen molar-refractivity contribution in [2.45, 2.75) is 9.50 Å². The quantitative estimate of drug-likeness (QED) is 0.334. The van der Waals surface area contributed by atoms with E-state index in [-0.39, 0.29) is 0 Å². The van der Waals surface area contributed by atoms with Gasteiger partial charge in [-0.25, -0.2) is 0 Å². The Bertz CT molecular complexity index is 1010. The number of allylic oxidation sites excluding steroid dienone is 2. The van der Waals surface area contributed by atoms with Crippen LogP contribution in [-0.4, -0.2) is 15.4 Å². The zero-order chi connectivity index (χ0) is 19.5. The van der Waals surface area contributed by atoms with Crippen molar-refractivity contribution in [3.05, 3.63) is 144 Å². The van der Waals surface area contributed by atoms with Gasteiger partial charge in [-0.1, -0.05) is 0 Å². The molecule has 0 N–H and O–H groups in total. The molecule has 2 atom stereocenters. The summed E-state index contributed by atoms with van der Waals surface area (Å²) < 4.78 is 1.15. The Balaban J connectivity index is 1.77. The normalized spacial score (nSPS) is 19.6. The molecule has 0 radical (unpaired) electrons. The van der Waals surface area contributed by atoms with Crippen LogP contribution in [0.3, 0.4) is 0 Å². The Labute approximate surface area is 179 Å².